The van der Waals surface area contributed by atoms with Gasteiger partial charge >= 0.3 is 0 Å². The number of carbonyl (C=O) groups is 1. The Balaban J connectivity index is 1.90. The molecule has 0 spiro atoms. The van der Waals surface area contributed by atoms with E-state index in [1.54, 1.807) is 36.4 Å². The Labute approximate surface area is 121 Å². The molecule has 21 heavy (non-hydrogen) atoms. The minimum atomic E-state index is -0.319. The number of rotatable bonds is 3. The number of halogens is 1. The summed E-state index contributed by atoms with van der Waals surface area (Å²) in [5.41, 5.74) is 1.21. The second kappa shape index (κ2) is 5.40. The predicted octanol–water partition coefficient (Wildman–Crippen LogP) is 3.84. The van der Waals surface area contributed by atoms with Crippen molar-refractivity contribution in [3.05, 3.63) is 65.2 Å². The van der Waals surface area contributed by atoms with E-state index in [0.717, 1.165) is 0 Å². The van der Waals surface area contributed by atoms with E-state index in [1.807, 2.05) is 6.92 Å². The average Bonchev–Trinajstić information content (AvgIpc) is 2.78. The lowest BCUT2D eigenvalue weighted by molar-refractivity contribution is 0.101. The van der Waals surface area contributed by atoms with Crippen LogP contribution in [0.4, 0.5) is 4.39 Å². The van der Waals surface area contributed by atoms with Crippen molar-refractivity contribution < 1.29 is 18.7 Å². The summed E-state index contributed by atoms with van der Waals surface area (Å²) in [5.74, 6) is 0.870. The number of hydrogen-bond donors (Lipinski definition) is 0. The van der Waals surface area contributed by atoms with Gasteiger partial charge in [-0.1, -0.05) is 12.1 Å². The molecular formula is C17H13FO3. The van der Waals surface area contributed by atoms with Crippen LogP contribution >= 0.6 is 0 Å². The lowest BCUT2D eigenvalue weighted by Gasteiger charge is -2.03. The van der Waals surface area contributed by atoms with Crippen molar-refractivity contribution in [1.82, 2.24) is 0 Å². The summed E-state index contributed by atoms with van der Waals surface area (Å²) < 4.78 is 23.8. The highest BCUT2D eigenvalue weighted by atomic mass is 19.1. The number of ether oxygens (including phenoxy) is 2. The molecule has 1 aliphatic heterocycles. The van der Waals surface area contributed by atoms with Crippen molar-refractivity contribution in [2.24, 2.45) is 0 Å². The molecule has 106 valence electrons. The van der Waals surface area contributed by atoms with Crippen LogP contribution in [-0.4, -0.2) is 12.4 Å². The zero-order valence-electron chi connectivity index (χ0n) is 11.4. The second-order valence-electron chi connectivity index (χ2n) is 4.58. The Bertz CT molecular complexity index is 717. The minimum absolute atomic E-state index is 0.183. The van der Waals surface area contributed by atoms with Gasteiger partial charge in [-0.25, -0.2) is 4.39 Å². The summed E-state index contributed by atoms with van der Waals surface area (Å²) in [6.07, 6.45) is 1.60. The Kier molecular flexibility index (Phi) is 3.44. The van der Waals surface area contributed by atoms with Gasteiger partial charge in [0, 0.05) is 6.07 Å². The van der Waals surface area contributed by atoms with Gasteiger partial charge in [-0.2, -0.15) is 0 Å². The van der Waals surface area contributed by atoms with E-state index in [9.17, 15) is 9.18 Å². The standard InChI is InChI=1S/C17H13FO3/c1-2-20-13-7-8-14-15(10-13)21-16(17(14)19)9-11-3-5-12(18)6-4-11/h3-10H,2H2,1H3. The van der Waals surface area contributed by atoms with Crippen LogP contribution in [0.1, 0.15) is 22.8 Å². The molecule has 0 aromatic heterocycles. The van der Waals surface area contributed by atoms with Crippen LogP contribution < -0.4 is 9.47 Å². The molecule has 3 rings (SSSR count). The molecule has 0 unspecified atom stereocenters. The van der Waals surface area contributed by atoms with Gasteiger partial charge in [0.2, 0.25) is 5.78 Å². The van der Waals surface area contributed by atoms with Crippen LogP contribution in [-0.2, 0) is 0 Å². The lowest BCUT2D eigenvalue weighted by Crippen LogP contribution is -1.98. The highest BCUT2D eigenvalue weighted by molar-refractivity contribution is 6.14. The molecule has 1 aliphatic rings. The highest BCUT2D eigenvalue weighted by Gasteiger charge is 2.27. The van der Waals surface area contributed by atoms with Gasteiger partial charge in [-0.3, -0.25) is 4.79 Å². The molecule has 3 nitrogen and oxygen atoms in total. The fraction of sp³-hybridized carbons (Fsp3) is 0.118. The van der Waals surface area contributed by atoms with Crippen LogP contribution in [0.25, 0.3) is 6.08 Å². The normalized spacial score (nSPS) is 15.0. The number of fused-ring (bicyclic) bond motifs is 1. The van der Waals surface area contributed by atoms with E-state index in [1.165, 1.54) is 12.1 Å². The summed E-state index contributed by atoms with van der Waals surface area (Å²) in [6, 6.07) is 11.0. The van der Waals surface area contributed by atoms with Crippen molar-refractivity contribution in [1.29, 1.82) is 0 Å². The molecule has 0 amide bonds. The monoisotopic (exact) mass is 284 g/mol. The smallest absolute Gasteiger partial charge is 0.231 e. The minimum Gasteiger partial charge on any atom is -0.494 e. The van der Waals surface area contributed by atoms with Gasteiger partial charge < -0.3 is 9.47 Å². The van der Waals surface area contributed by atoms with Crippen LogP contribution in [0.3, 0.4) is 0 Å². The first-order chi connectivity index (χ1) is 10.2. The highest BCUT2D eigenvalue weighted by Crippen LogP contribution is 2.34. The molecule has 0 saturated carbocycles. The fourth-order valence-corrected chi connectivity index (χ4v) is 2.13. The van der Waals surface area contributed by atoms with Crippen molar-refractivity contribution in [3.63, 3.8) is 0 Å². The van der Waals surface area contributed by atoms with Crippen molar-refractivity contribution in [2.75, 3.05) is 6.61 Å². The van der Waals surface area contributed by atoms with E-state index in [0.29, 0.717) is 29.2 Å². The number of Topliss-reactive ketones (excluding diaryl/α,β-unsaturated/α-hetero) is 1. The number of hydrogen-bond acceptors (Lipinski definition) is 3. The third-order valence-corrected chi connectivity index (χ3v) is 3.12. The van der Waals surface area contributed by atoms with Crippen LogP contribution in [0.2, 0.25) is 0 Å². The lowest BCUT2D eigenvalue weighted by atomic mass is 10.1. The van der Waals surface area contributed by atoms with Crippen LogP contribution in [0.15, 0.2) is 48.2 Å². The zero-order valence-corrected chi connectivity index (χ0v) is 11.4. The van der Waals surface area contributed by atoms with Gasteiger partial charge in [0.25, 0.3) is 0 Å². The van der Waals surface area contributed by atoms with E-state index in [4.69, 9.17) is 9.47 Å². The first-order valence-electron chi connectivity index (χ1n) is 6.64. The molecule has 0 fully saturated rings. The van der Waals surface area contributed by atoms with Crippen molar-refractivity contribution in [2.45, 2.75) is 6.92 Å². The predicted molar refractivity (Wildman–Crippen MR) is 76.9 cm³/mol. The summed E-state index contributed by atoms with van der Waals surface area (Å²) in [4.78, 5) is 12.2. The van der Waals surface area contributed by atoms with Gasteiger partial charge in [0.1, 0.15) is 17.3 Å². The molecular weight excluding hydrogens is 271 g/mol. The first-order valence-corrected chi connectivity index (χ1v) is 6.64. The van der Waals surface area contributed by atoms with Gasteiger partial charge in [-0.15, -0.1) is 0 Å². The summed E-state index contributed by atoms with van der Waals surface area (Å²) in [6.45, 7) is 2.43. The van der Waals surface area contributed by atoms with E-state index < -0.39 is 0 Å². The number of ketones is 1. The largest absolute Gasteiger partial charge is 0.494 e. The molecule has 0 radical (unpaired) electrons. The Morgan fingerprint density at radius 1 is 1.19 bits per heavy atom. The quantitative estimate of drug-likeness (QED) is 0.803. The number of carbonyl (C=O) groups excluding carboxylic acids is 1. The van der Waals surface area contributed by atoms with Crippen LogP contribution in [0.5, 0.6) is 11.5 Å². The maximum atomic E-state index is 12.9. The van der Waals surface area contributed by atoms with Crippen molar-refractivity contribution in [3.8, 4) is 11.5 Å². The maximum absolute atomic E-state index is 12.9. The van der Waals surface area contributed by atoms with Gasteiger partial charge in [-0.05, 0) is 42.8 Å². The number of benzene rings is 2. The Morgan fingerprint density at radius 3 is 2.67 bits per heavy atom. The Morgan fingerprint density at radius 2 is 1.95 bits per heavy atom. The molecule has 0 aliphatic carbocycles. The molecule has 1 heterocycles. The first kappa shape index (κ1) is 13.4. The van der Waals surface area contributed by atoms with E-state index >= 15 is 0 Å². The molecule has 4 heteroatoms. The third kappa shape index (κ3) is 2.65. The molecule has 0 saturated heterocycles. The topological polar surface area (TPSA) is 35.5 Å². The van der Waals surface area contributed by atoms with E-state index in [2.05, 4.69) is 0 Å². The average molecular weight is 284 g/mol. The van der Waals surface area contributed by atoms with Gasteiger partial charge in [0.15, 0.2) is 5.76 Å². The van der Waals surface area contributed by atoms with E-state index in [-0.39, 0.29) is 17.4 Å². The zero-order chi connectivity index (χ0) is 14.8. The third-order valence-electron chi connectivity index (χ3n) is 3.12. The molecule has 0 N–H and O–H groups in total. The Hall–Kier alpha value is -2.62. The summed E-state index contributed by atoms with van der Waals surface area (Å²) in [7, 11) is 0. The molecule has 0 atom stereocenters. The summed E-state index contributed by atoms with van der Waals surface area (Å²) >= 11 is 0. The maximum Gasteiger partial charge on any atom is 0.231 e. The van der Waals surface area contributed by atoms with Crippen LogP contribution in [0, 0.1) is 5.82 Å². The fourth-order valence-electron chi connectivity index (χ4n) is 2.13. The number of allylic oxidation sites excluding steroid dienone is 1. The van der Waals surface area contributed by atoms with Crippen molar-refractivity contribution >= 4 is 11.9 Å². The molecule has 2 aromatic carbocycles. The molecule has 2 aromatic rings. The SMILES string of the molecule is CCOc1ccc2c(c1)OC(=Cc1ccc(F)cc1)C2=O. The second-order valence-corrected chi connectivity index (χ2v) is 4.58. The van der Waals surface area contributed by atoms with Gasteiger partial charge in [0.05, 0.1) is 12.2 Å². The summed E-state index contributed by atoms with van der Waals surface area (Å²) in [5, 5.41) is 0. The molecule has 0 bridgehead atoms.